The van der Waals surface area contributed by atoms with Gasteiger partial charge in [0.05, 0.1) is 6.42 Å². The zero-order chi connectivity index (χ0) is 24.6. The fourth-order valence-corrected chi connectivity index (χ4v) is 3.73. The van der Waals surface area contributed by atoms with Gasteiger partial charge in [0.2, 0.25) is 5.91 Å². The molecule has 1 aliphatic rings. The molecule has 3 N–H and O–H groups in total. The minimum atomic E-state index is -0.605. The van der Waals surface area contributed by atoms with Crippen LogP contribution in [0.3, 0.4) is 0 Å². The first-order chi connectivity index (χ1) is 17.0. The standard InChI is InChI=1S/C26H27N5O4/c1-18-15-20(28-25(33)30-24(32)16-19-7-3-2-4-8-19)9-10-22(18)35-21-11-12-27-23(17-21)29-26(34)31-13-5-6-14-31/h2-4,7-12,15,17H,5-6,13-14,16H2,1H3,(H,27,29,34)(H2,28,30,32,33). The highest BCUT2D eigenvalue weighted by atomic mass is 16.5. The zero-order valence-corrected chi connectivity index (χ0v) is 19.4. The van der Waals surface area contributed by atoms with E-state index >= 15 is 0 Å². The van der Waals surface area contributed by atoms with Crippen LogP contribution in [-0.2, 0) is 11.2 Å². The number of pyridine rings is 1. The summed E-state index contributed by atoms with van der Waals surface area (Å²) in [7, 11) is 0. The summed E-state index contributed by atoms with van der Waals surface area (Å²) in [4.78, 5) is 42.5. The van der Waals surface area contributed by atoms with Crippen LogP contribution in [0.1, 0.15) is 24.0 Å². The maximum atomic E-state index is 12.3. The molecule has 9 nitrogen and oxygen atoms in total. The summed E-state index contributed by atoms with van der Waals surface area (Å²) >= 11 is 0. The van der Waals surface area contributed by atoms with E-state index in [1.54, 1.807) is 41.4 Å². The number of nitrogens with zero attached hydrogens (tertiary/aromatic N) is 2. The Morgan fingerprint density at radius 2 is 1.74 bits per heavy atom. The average molecular weight is 474 g/mol. The monoisotopic (exact) mass is 473 g/mol. The van der Waals surface area contributed by atoms with Gasteiger partial charge >= 0.3 is 12.1 Å². The predicted octanol–water partition coefficient (Wildman–Crippen LogP) is 4.70. The number of imide groups is 1. The van der Waals surface area contributed by atoms with Crippen molar-refractivity contribution in [3.05, 3.63) is 78.0 Å². The molecule has 0 radical (unpaired) electrons. The van der Waals surface area contributed by atoms with E-state index in [-0.39, 0.29) is 12.5 Å². The van der Waals surface area contributed by atoms with E-state index in [1.807, 2.05) is 37.3 Å². The number of anilines is 2. The molecule has 2 aromatic carbocycles. The number of ether oxygens (including phenoxy) is 1. The molecule has 5 amide bonds. The molecule has 0 spiro atoms. The molecule has 3 aromatic rings. The maximum absolute atomic E-state index is 12.3. The molecule has 0 unspecified atom stereocenters. The average Bonchev–Trinajstić information content (AvgIpc) is 3.37. The first-order valence-corrected chi connectivity index (χ1v) is 11.4. The Morgan fingerprint density at radius 1 is 0.971 bits per heavy atom. The fraction of sp³-hybridized carbons (Fsp3) is 0.231. The number of amides is 5. The fourth-order valence-electron chi connectivity index (χ4n) is 3.73. The minimum absolute atomic E-state index is 0.118. The van der Waals surface area contributed by atoms with Gasteiger partial charge in [0.15, 0.2) is 0 Å². The van der Waals surface area contributed by atoms with Crippen LogP contribution in [0.5, 0.6) is 11.5 Å². The van der Waals surface area contributed by atoms with Gasteiger partial charge in [0, 0.05) is 31.0 Å². The topological polar surface area (TPSA) is 113 Å². The summed E-state index contributed by atoms with van der Waals surface area (Å²) in [5.74, 6) is 1.12. The second-order valence-electron chi connectivity index (χ2n) is 8.25. The van der Waals surface area contributed by atoms with Crippen LogP contribution in [0.15, 0.2) is 66.9 Å². The number of likely N-dealkylation sites (tertiary alicyclic amines) is 1. The quantitative estimate of drug-likeness (QED) is 0.480. The van der Waals surface area contributed by atoms with Gasteiger partial charge in [-0.2, -0.15) is 0 Å². The Balaban J connectivity index is 1.32. The van der Waals surface area contributed by atoms with E-state index in [0.29, 0.717) is 23.0 Å². The van der Waals surface area contributed by atoms with Gasteiger partial charge in [-0.05, 0) is 55.2 Å². The van der Waals surface area contributed by atoms with Gasteiger partial charge < -0.3 is 15.0 Å². The van der Waals surface area contributed by atoms with Gasteiger partial charge in [-0.25, -0.2) is 14.6 Å². The van der Waals surface area contributed by atoms with E-state index in [1.165, 1.54) is 0 Å². The molecular formula is C26H27N5O4. The van der Waals surface area contributed by atoms with Crippen molar-refractivity contribution in [1.29, 1.82) is 0 Å². The van der Waals surface area contributed by atoms with Gasteiger partial charge in [-0.1, -0.05) is 30.3 Å². The number of rotatable bonds is 6. The van der Waals surface area contributed by atoms with Crippen LogP contribution in [0.25, 0.3) is 0 Å². The molecule has 4 rings (SSSR count). The van der Waals surface area contributed by atoms with Crippen LogP contribution in [-0.4, -0.2) is 40.9 Å². The van der Waals surface area contributed by atoms with E-state index in [2.05, 4.69) is 20.9 Å². The van der Waals surface area contributed by atoms with Crippen molar-refractivity contribution < 1.29 is 19.1 Å². The third kappa shape index (κ3) is 6.80. The molecule has 0 atom stereocenters. The van der Waals surface area contributed by atoms with Crippen molar-refractivity contribution >= 4 is 29.5 Å². The van der Waals surface area contributed by atoms with Crippen molar-refractivity contribution in [3.8, 4) is 11.5 Å². The highest BCUT2D eigenvalue weighted by molar-refractivity contribution is 6.01. The Labute approximate surface area is 203 Å². The molecule has 1 aliphatic heterocycles. The third-order valence-electron chi connectivity index (χ3n) is 5.48. The molecule has 35 heavy (non-hydrogen) atoms. The molecule has 0 saturated carbocycles. The SMILES string of the molecule is Cc1cc(NC(=O)NC(=O)Cc2ccccc2)ccc1Oc1ccnc(NC(=O)N2CCCC2)c1. The summed E-state index contributed by atoms with van der Waals surface area (Å²) in [5, 5.41) is 7.79. The van der Waals surface area contributed by atoms with Crippen molar-refractivity contribution in [2.24, 2.45) is 0 Å². The van der Waals surface area contributed by atoms with Crippen LogP contribution in [0.4, 0.5) is 21.1 Å². The van der Waals surface area contributed by atoms with E-state index in [4.69, 9.17) is 4.74 Å². The van der Waals surface area contributed by atoms with Crippen LogP contribution >= 0.6 is 0 Å². The smallest absolute Gasteiger partial charge is 0.325 e. The molecule has 0 aliphatic carbocycles. The summed E-state index contributed by atoms with van der Waals surface area (Å²) < 4.78 is 5.96. The van der Waals surface area contributed by atoms with Crippen molar-refractivity contribution in [2.45, 2.75) is 26.2 Å². The number of carbonyl (C=O) groups is 3. The first-order valence-electron chi connectivity index (χ1n) is 11.4. The molecule has 0 bridgehead atoms. The van der Waals surface area contributed by atoms with E-state index < -0.39 is 11.9 Å². The lowest BCUT2D eigenvalue weighted by Gasteiger charge is -2.16. The largest absolute Gasteiger partial charge is 0.457 e. The summed E-state index contributed by atoms with van der Waals surface area (Å²) in [6.07, 6.45) is 3.71. The Kier molecular flexibility index (Phi) is 7.57. The summed E-state index contributed by atoms with van der Waals surface area (Å²) in [6.45, 7) is 3.35. The van der Waals surface area contributed by atoms with Gasteiger partial charge in [0.1, 0.15) is 17.3 Å². The number of benzene rings is 2. The van der Waals surface area contributed by atoms with Crippen LogP contribution in [0.2, 0.25) is 0 Å². The van der Waals surface area contributed by atoms with Gasteiger partial charge in [0.25, 0.3) is 0 Å². The molecule has 1 saturated heterocycles. The number of urea groups is 2. The van der Waals surface area contributed by atoms with Crippen LogP contribution < -0.4 is 20.7 Å². The van der Waals surface area contributed by atoms with E-state index in [9.17, 15) is 14.4 Å². The highest BCUT2D eigenvalue weighted by Gasteiger charge is 2.18. The minimum Gasteiger partial charge on any atom is -0.457 e. The highest BCUT2D eigenvalue weighted by Crippen LogP contribution is 2.28. The Bertz CT molecular complexity index is 1210. The Morgan fingerprint density at radius 3 is 2.49 bits per heavy atom. The molecular weight excluding hydrogens is 446 g/mol. The van der Waals surface area contributed by atoms with E-state index in [0.717, 1.165) is 37.1 Å². The maximum Gasteiger partial charge on any atom is 0.325 e. The lowest BCUT2D eigenvalue weighted by Crippen LogP contribution is -2.35. The van der Waals surface area contributed by atoms with Crippen molar-refractivity contribution in [1.82, 2.24) is 15.2 Å². The molecule has 2 heterocycles. The molecule has 9 heteroatoms. The molecule has 1 fully saturated rings. The number of hydrogen-bond donors (Lipinski definition) is 3. The summed E-state index contributed by atoms with van der Waals surface area (Å²) in [6, 6.07) is 16.9. The molecule has 1 aromatic heterocycles. The molecule has 180 valence electrons. The van der Waals surface area contributed by atoms with Crippen molar-refractivity contribution in [2.75, 3.05) is 23.7 Å². The number of aromatic nitrogens is 1. The van der Waals surface area contributed by atoms with Gasteiger partial charge in [-0.15, -0.1) is 0 Å². The Hall–Kier alpha value is -4.40. The number of nitrogens with one attached hydrogen (secondary N) is 3. The predicted molar refractivity (Wildman–Crippen MR) is 133 cm³/mol. The second-order valence-corrected chi connectivity index (χ2v) is 8.25. The van der Waals surface area contributed by atoms with Crippen molar-refractivity contribution in [3.63, 3.8) is 0 Å². The number of hydrogen-bond acceptors (Lipinski definition) is 5. The second kappa shape index (κ2) is 11.1. The number of aryl methyl sites for hydroxylation is 1. The lowest BCUT2D eigenvalue weighted by molar-refractivity contribution is -0.119. The van der Waals surface area contributed by atoms with Crippen LogP contribution in [0, 0.1) is 6.92 Å². The summed E-state index contributed by atoms with van der Waals surface area (Å²) in [5.41, 5.74) is 2.12. The zero-order valence-electron chi connectivity index (χ0n) is 19.4. The number of carbonyl (C=O) groups excluding carboxylic acids is 3. The third-order valence-corrected chi connectivity index (χ3v) is 5.48. The normalized spacial score (nSPS) is 12.7. The first kappa shape index (κ1) is 23.7. The lowest BCUT2D eigenvalue weighted by atomic mass is 10.1. The van der Waals surface area contributed by atoms with Gasteiger partial charge in [-0.3, -0.25) is 15.4 Å².